The number of rotatable bonds is 15. The number of anilines is 4. The van der Waals surface area contributed by atoms with E-state index in [0.717, 1.165) is 67.5 Å². The highest BCUT2D eigenvalue weighted by Crippen LogP contribution is 2.37. The predicted molar refractivity (Wildman–Crippen MR) is 274 cm³/mol. The Balaban J connectivity index is 0.818. The van der Waals surface area contributed by atoms with Gasteiger partial charge in [-0.3, -0.25) is 4.79 Å². The molecule has 5 aromatic rings. The van der Waals surface area contributed by atoms with E-state index in [1.54, 1.807) is 11.0 Å². The summed E-state index contributed by atoms with van der Waals surface area (Å²) >= 11 is 9.71. The average Bonchev–Trinajstić information content (AvgIpc) is 3.34. The van der Waals surface area contributed by atoms with Crippen LogP contribution in [0.5, 0.6) is 0 Å². The number of carbonyl (C=O) groups excluding carboxylic acids is 2. The number of nitrogens with one attached hydrogen (secondary N) is 1. The Hall–Kier alpha value is -5.17. The van der Waals surface area contributed by atoms with E-state index in [0.29, 0.717) is 107 Å². The van der Waals surface area contributed by atoms with E-state index in [1.165, 1.54) is 0 Å². The highest BCUT2D eigenvalue weighted by atomic mass is 79.9. The quantitative estimate of drug-likeness (QED) is 0.0784. The summed E-state index contributed by atoms with van der Waals surface area (Å²) in [6.45, 7) is 16.9. The van der Waals surface area contributed by atoms with Crippen LogP contribution in [0.4, 0.5) is 32.7 Å². The van der Waals surface area contributed by atoms with Crippen molar-refractivity contribution in [1.29, 1.82) is 0 Å². The minimum absolute atomic E-state index is 0.118. The SMILES string of the molecule is C[C@@H]1COCCN1c1nc(N2CCOC[C@H]2C)c2ccc(-c3cccc(C(=O)NCCCCCCCCN(C)c4nc(N5CCN(C(=O)OC(C)(C)C)CC5)c5cc(Cl)c(Br)c(F)c5n4)c3)nc2n1. The van der Waals surface area contributed by atoms with E-state index in [-0.39, 0.29) is 39.1 Å². The van der Waals surface area contributed by atoms with Gasteiger partial charge in [0.05, 0.1) is 59.1 Å². The molecule has 2 aromatic carbocycles. The molecule has 0 saturated carbocycles. The first-order valence-electron chi connectivity index (χ1n) is 24.2. The zero-order valence-corrected chi connectivity index (χ0v) is 42.9. The van der Waals surface area contributed by atoms with Crippen molar-refractivity contribution in [1.82, 2.24) is 35.1 Å². The molecule has 370 valence electrons. The first-order chi connectivity index (χ1) is 33.1. The van der Waals surface area contributed by atoms with Crippen LogP contribution in [-0.2, 0) is 14.2 Å². The summed E-state index contributed by atoms with van der Waals surface area (Å²) in [5.41, 5.74) is 2.36. The van der Waals surface area contributed by atoms with Gasteiger partial charge in [-0.1, -0.05) is 49.4 Å². The van der Waals surface area contributed by atoms with Crippen LogP contribution < -0.4 is 24.9 Å². The third kappa shape index (κ3) is 12.1. The van der Waals surface area contributed by atoms with Crippen molar-refractivity contribution in [3.63, 3.8) is 0 Å². The second-order valence-electron chi connectivity index (χ2n) is 19.2. The fraction of sp³-hybridized carbons (Fsp3) is 0.540. The highest BCUT2D eigenvalue weighted by molar-refractivity contribution is 9.10. The van der Waals surface area contributed by atoms with Crippen LogP contribution in [-0.4, -0.2) is 145 Å². The number of morpholine rings is 2. The molecule has 8 rings (SSSR count). The third-order valence-corrected chi connectivity index (χ3v) is 14.1. The standard InChI is InChI=1S/C50H64BrClFN11O5/c1-32-30-67-26-24-63(32)45-36-16-17-39(55-43(36)57-48(59-45)64-25-27-68-31-33(64)2)34-14-13-15-35(28-34)46(65)54-18-11-9-7-8-10-12-19-60(6)47-56-42-37(29-38(52)40(51)41(42)53)44(58-47)61-20-22-62(23-21-61)49(66)69-50(3,4)5/h13-17,28-29,32-33H,7-12,18-27,30-31H2,1-6H3,(H,54,65)/t32-,33-/m1/s1. The van der Waals surface area contributed by atoms with Crippen molar-refractivity contribution in [2.75, 3.05) is 105 Å². The Morgan fingerprint density at radius 1 is 0.841 bits per heavy atom. The molecule has 0 aliphatic carbocycles. The van der Waals surface area contributed by atoms with Crippen LogP contribution in [0, 0.1) is 5.82 Å². The molecule has 69 heavy (non-hydrogen) atoms. The molecule has 3 fully saturated rings. The first-order valence-corrected chi connectivity index (χ1v) is 25.4. The average molecular weight is 1030 g/mol. The molecule has 3 saturated heterocycles. The number of hydrogen-bond acceptors (Lipinski definition) is 14. The summed E-state index contributed by atoms with van der Waals surface area (Å²) in [7, 11) is 1.92. The zero-order chi connectivity index (χ0) is 48.8. The molecule has 0 spiro atoms. The molecular weight excluding hydrogens is 969 g/mol. The Labute approximate surface area is 417 Å². The summed E-state index contributed by atoms with van der Waals surface area (Å²) in [4.78, 5) is 61.0. The number of hydrogen-bond donors (Lipinski definition) is 1. The van der Waals surface area contributed by atoms with Crippen molar-refractivity contribution in [2.45, 2.75) is 90.8 Å². The topological polar surface area (TPSA) is 155 Å². The van der Waals surface area contributed by atoms with E-state index in [2.05, 4.69) is 54.8 Å². The van der Waals surface area contributed by atoms with Crippen LogP contribution >= 0.6 is 27.5 Å². The Morgan fingerprint density at radius 3 is 2.25 bits per heavy atom. The summed E-state index contributed by atoms with van der Waals surface area (Å²) in [5.74, 6) is 1.85. The normalized spacial score (nSPS) is 18.0. The molecule has 1 N–H and O–H groups in total. The smallest absolute Gasteiger partial charge is 0.410 e. The molecular formula is C50H64BrClFN11O5. The summed E-state index contributed by atoms with van der Waals surface area (Å²) < 4.78 is 32.9. The molecule has 2 amide bonds. The van der Waals surface area contributed by atoms with Crippen LogP contribution in [0.15, 0.2) is 46.9 Å². The summed E-state index contributed by atoms with van der Waals surface area (Å²) in [5, 5.41) is 4.74. The molecule has 16 nitrogen and oxygen atoms in total. The van der Waals surface area contributed by atoms with Crippen LogP contribution in [0.1, 0.15) is 83.5 Å². The van der Waals surface area contributed by atoms with Gasteiger partial charge in [-0.15, -0.1) is 0 Å². The molecule has 6 heterocycles. The molecule has 2 atom stereocenters. The lowest BCUT2D eigenvalue weighted by atomic mass is 10.1. The van der Waals surface area contributed by atoms with E-state index >= 15 is 4.39 Å². The largest absolute Gasteiger partial charge is 0.444 e. The van der Waals surface area contributed by atoms with E-state index in [4.69, 9.17) is 45.7 Å². The second-order valence-corrected chi connectivity index (χ2v) is 20.4. The minimum atomic E-state index is -0.589. The molecule has 0 radical (unpaired) electrons. The van der Waals surface area contributed by atoms with Gasteiger partial charge in [0.25, 0.3) is 5.91 Å². The van der Waals surface area contributed by atoms with Crippen LogP contribution in [0.2, 0.25) is 5.02 Å². The molecule has 19 heteroatoms. The van der Waals surface area contributed by atoms with E-state index in [9.17, 15) is 9.59 Å². The number of halogens is 3. The number of nitrogens with zero attached hydrogens (tertiary/aromatic N) is 10. The number of amides is 2. The van der Waals surface area contributed by atoms with Gasteiger partial charge in [-0.05, 0) is 93.7 Å². The summed E-state index contributed by atoms with van der Waals surface area (Å²) in [6, 6.07) is 13.6. The number of ether oxygens (including phenoxy) is 3. The van der Waals surface area contributed by atoms with Crippen LogP contribution in [0.3, 0.4) is 0 Å². The van der Waals surface area contributed by atoms with E-state index in [1.807, 2.05) is 69.1 Å². The Bertz CT molecular complexity index is 2630. The van der Waals surface area contributed by atoms with Gasteiger partial charge in [0, 0.05) is 75.9 Å². The van der Waals surface area contributed by atoms with E-state index < -0.39 is 11.4 Å². The van der Waals surface area contributed by atoms with Gasteiger partial charge in [0.2, 0.25) is 11.9 Å². The lowest BCUT2D eigenvalue weighted by molar-refractivity contribution is 0.0240. The fourth-order valence-corrected chi connectivity index (χ4v) is 9.44. The number of pyridine rings is 1. The molecule has 0 bridgehead atoms. The summed E-state index contributed by atoms with van der Waals surface area (Å²) in [6.07, 6.45) is 5.49. The maximum atomic E-state index is 15.7. The molecule has 3 aliphatic heterocycles. The monoisotopic (exact) mass is 1030 g/mol. The maximum absolute atomic E-state index is 15.7. The van der Waals surface area contributed by atoms with Crippen LogP contribution in [0.25, 0.3) is 33.2 Å². The lowest BCUT2D eigenvalue weighted by Crippen LogP contribution is -2.50. The Morgan fingerprint density at radius 2 is 1.54 bits per heavy atom. The predicted octanol–water partition coefficient (Wildman–Crippen LogP) is 8.90. The van der Waals surface area contributed by atoms with Gasteiger partial charge < -0.3 is 44.0 Å². The number of fused-ring (bicyclic) bond motifs is 2. The number of unbranched alkanes of at least 4 members (excludes halogenated alkanes) is 5. The number of benzene rings is 2. The fourth-order valence-electron chi connectivity index (χ4n) is 8.95. The third-order valence-electron chi connectivity index (χ3n) is 12.8. The van der Waals surface area contributed by atoms with Gasteiger partial charge >= 0.3 is 6.09 Å². The first kappa shape index (κ1) is 50.2. The van der Waals surface area contributed by atoms with Gasteiger partial charge in [-0.2, -0.15) is 15.0 Å². The van der Waals surface area contributed by atoms with Crippen molar-refractivity contribution in [3.8, 4) is 11.3 Å². The van der Waals surface area contributed by atoms with Gasteiger partial charge in [0.1, 0.15) is 22.8 Å². The number of carbonyl (C=O) groups is 2. The zero-order valence-electron chi connectivity index (χ0n) is 40.6. The van der Waals surface area contributed by atoms with Crippen molar-refractivity contribution >= 4 is 85.0 Å². The second kappa shape index (κ2) is 22.3. The number of aromatic nitrogens is 5. The van der Waals surface area contributed by atoms with Crippen molar-refractivity contribution in [2.24, 2.45) is 0 Å². The molecule has 0 unspecified atom stereocenters. The minimum Gasteiger partial charge on any atom is -0.444 e. The van der Waals surface area contributed by atoms with Gasteiger partial charge in [0.15, 0.2) is 11.5 Å². The van der Waals surface area contributed by atoms with Crippen molar-refractivity contribution < 1.29 is 28.2 Å². The van der Waals surface area contributed by atoms with Crippen molar-refractivity contribution in [3.05, 3.63) is 63.3 Å². The Kier molecular flexibility index (Phi) is 16.2. The molecule has 3 aromatic heterocycles. The molecule has 3 aliphatic rings. The highest BCUT2D eigenvalue weighted by Gasteiger charge is 2.30. The number of piperazine rings is 1. The lowest BCUT2D eigenvalue weighted by Gasteiger charge is -2.37. The maximum Gasteiger partial charge on any atom is 0.410 e. The van der Waals surface area contributed by atoms with Gasteiger partial charge in [-0.25, -0.2) is 19.2 Å².